The van der Waals surface area contributed by atoms with Crippen LogP contribution in [0.4, 0.5) is 5.69 Å². The number of nitrogen functional groups attached to an aromatic ring is 1. The van der Waals surface area contributed by atoms with E-state index in [-0.39, 0.29) is 11.9 Å². The monoisotopic (exact) mass is 312 g/mol. The fourth-order valence-electron chi connectivity index (χ4n) is 2.17. The molecule has 6 heteroatoms. The summed E-state index contributed by atoms with van der Waals surface area (Å²) in [5, 5.41) is 3.67. The molecule has 0 fully saturated rings. The van der Waals surface area contributed by atoms with Gasteiger partial charge in [-0.3, -0.25) is 9.78 Å². The number of pyridine rings is 2. The zero-order chi connectivity index (χ0) is 15.7. The second-order valence-corrected chi connectivity index (χ2v) is 6.26. The van der Waals surface area contributed by atoms with Crippen molar-refractivity contribution in [2.75, 3.05) is 5.73 Å². The van der Waals surface area contributed by atoms with E-state index < -0.39 is 0 Å². The lowest BCUT2D eigenvalue weighted by Gasteiger charge is -2.06. The molecule has 1 amide bonds. The number of rotatable bonds is 3. The Hall–Kier alpha value is -2.47. The van der Waals surface area contributed by atoms with Crippen molar-refractivity contribution < 1.29 is 4.79 Å². The molecule has 0 aliphatic heterocycles. The zero-order valence-electron chi connectivity index (χ0n) is 12.3. The minimum atomic E-state index is -0.154. The summed E-state index contributed by atoms with van der Waals surface area (Å²) < 4.78 is 0. The van der Waals surface area contributed by atoms with Crippen LogP contribution in [0.1, 0.15) is 23.5 Å². The maximum atomic E-state index is 12.2. The van der Waals surface area contributed by atoms with Gasteiger partial charge in [-0.2, -0.15) is 0 Å². The van der Waals surface area contributed by atoms with Gasteiger partial charge in [-0.25, -0.2) is 4.98 Å². The van der Waals surface area contributed by atoms with E-state index in [2.05, 4.69) is 15.3 Å². The average molecular weight is 312 g/mol. The molecule has 0 bridgehead atoms. The number of carbonyl (C=O) groups is 1. The van der Waals surface area contributed by atoms with Gasteiger partial charge in [0, 0.05) is 29.4 Å². The van der Waals surface area contributed by atoms with Crippen LogP contribution in [0.3, 0.4) is 0 Å². The number of nitrogens with two attached hydrogens (primary N) is 1. The first-order valence-corrected chi connectivity index (χ1v) is 7.78. The normalized spacial score (nSPS) is 11.0. The van der Waals surface area contributed by atoms with Crippen LogP contribution in [0.5, 0.6) is 0 Å². The number of amides is 1. The molecule has 0 unspecified atom stereocenters. The quantitative estimate of drug-likeness (QED) is 0.779. The first-order chi connectivity index (χ1) is 10.6. The Morgan fingerprint density at radius 1 is 1.32 bits per heavy atom. The predicted octanol–water partition coefficient (Wildman–Crippen LogP) is 3.08. The number of thiophene rings is 1. The van der Waals surface area contributed by atoms with Gasteiger partial charge in [0.15, 0.2) is 0 Å². The Balaban J connectivity index is 2.05. The van der Waals surface area contributed by atoms with Crippen molar-refractivity contribution in [3.05, 3.63) is 41.5 Å². The number of aromatic nitrogens is 2. The van der Waals surface area contributed by atoms with Gasteiger partial charge in [-0.15, -0.1) is 11.3 Å². The molecule has 3 heterocycles. The highest BCUT2D eigenvalue weighted by atomic mass is 32.1. The Morgan fingerprint density at radius 3 is 2.82 bits per heavy atom. The first-order valence-electron chi connectivity index (χ1n) is 6.96. The summed E-state index contributed by atoms with van der Waals surface area (Å²) in [6, 6.07) is 7.68. The van der Waals surface area contributed by atoms with Gasteiger partial charge in [0.05, 0.1) is 11.4 Å². The van der Waals surface area contributed by atoms with Crippen LogP contribution in [0.15, 0.2) is 36.7 Å². The fourth-order valence-corrected chi connectivity index (χ4v) is 3.17. The second kappa shape index (κ2) is 5.73. The van der Waals surface area contributed by atoms with Crippen LogP contribution in [-0.2, 0) is 0 Å². The fraction of sp³-hybridized carbons (Fsp3) is 0.188. The van der Waals surface area contributed by atoms with E-state index in [0.717, 1.165) is 21.5 Å². The Bertz CT molecular complexity index is 827. The number of hydrogen-bond acceptors (Lipinski definition) is 5. The SMILES string of the molecule is CC(C)NC(=O)c1sc2nc(-c3cccnc3)ccc2c1N. The van der Waals surface area contributed by atoms with Gasteiger partial charge in [-0.1, -0.05) is 0 Å². The summed E-state index contributed by atoms with van der Waals surface area (Å²) in [6.07, 6.45) is 3.48. The third kappa shape index (κ3) is 2.65. The van der Waals surface area contributed by atoms with Crippen molar-refractivity contribution in [2.45, 2.75) is 19.9 Å². The summed E-state index contributed by atoms with van der Waals surface area (Å²) in [7, 11) is 0. The lowest BCUT2D eigenvalue weighted by molar-refractivity contribution is 0.0948. The molecule has 0 saturated carbocycles. The van der Waals surface area contributed by atoms with Gasteiger partial charge in [0.1, 0.15) is 9.71 Å². The molecule has 0 aliphatic carbocycles. The Kier molecular flexibility index (Phi) is 3.77. The van der Waals surface area contributed by atoms with E-state index in [0.29, 0.717) is 10.6 Å². The standard InChI is InChI=1S/C16H16N4OS/c1-9(2)19-15(21)14-13(17)11-5-6-12(20-16(11)22-14)10-4-3-7-18-8-10/h3-9H,17H2,1-2H3,(H,19,21). The van der Waals surface area contributed by atoms with E-state index in [4.69, 9.17) is 5.73 Å². The van der Waals surface area contributed by atoms with Gasteiger partial charge in [0.25, 0.3) is 5.91 Å². The summed E-state index contributed by atoms with van der Waals surface area (Å²) in [6.45, 7) is 3.83. The highest BCUT2D eigenvalue weighted by molar-refractivity contribution is 7.21. The summed E-state index contributed by atoms with van der Waals surface area (Å²) in [4.78, 5) is 22.2. The molecule has 0 saturated heterocycles. The summed E-state index contributed by atoms with van der Waals surface area (Å²) in [5.41, 5.74) is 8.34. The van der Waals surface area contributed by atoms with Crippen molar-refractivity contribution in [1.29, 1.82) is 0 Å². The van der Waals surface area contributed by atoms with Crippen molar-refractivity contribution in [1.82, 2.24) is 15.3 Å². The van der Waals surface area contributed by atoms with Crippen molar-refractivity contribution in [3.63, 3.8) is 0 Å². The van der Waals surface area contributed by atoms with E-state index in [9.17, 15) is 4.79 Å². The van der Waals surface area contributed by atoms with Gasteiger partial charge >= 0.3 is 0 Å². The molecule has 5 nitrogen and oxygen atoms in total. The maximum Gasteiger partial charge on any atom is 0.263 e. The molecule has 22 heavy (non-hydrogen) atoms. The number of anilines is 1. The molecule has 3 aromatic rings. The van der Waals surface area contributed by atoms with Crippen LogP contribution in [-0.4, -0.2) is 21.9 Å². The highest BCUT2D eigenvalue weighted by Crippen LogP contribution is 2.34. The highest BCUT2D eigenvalue weighted by Gasteiger charge is 2.18. The minimum Gasteiger partial charge on any atom is -0.397 e. The third-order valence-electron chi connectivity index (χ3n) is 3.18. The van der Waals surface area contributed by atoms with Gasteiger partial charge in [-0.05, 0) is 38.1 Å². The molecule has 3 aromatic heterocycles. The van der Waals surface area contributed by atoms with Crippen LogP contribution >= 0.6 is 11.3 Å². The molecule has 3 N–H and O–H groups in total. The van der Waals surface area contributed by atoms with E-state index >= 15 is 0 Å². The molecule has 0 spiro atoms. The molecule has 112 valence electrons. The molecule has 3 rings (SSSR count). The molecular weight excluding hydrogens is 296 g/mol. The molecular formula is C16H16N4OS. The van der Waals surface area contributed by atoms with Crippen molar-refractivity contribution in [2.24, 2.45) is 0 Å². The van der Waals surface area contributed by atoms with Crippen LogP contribution in [0.2, 0.25) is 0 Å². The van der Waals surface area contributed by atoms with Crippen molar-refractivity contribution >= 4 is 33.1 Å². The lowest BCUT2D eigenvalue weighted by Crippen LogP contribution is -2.29. The van der Waals surface area contributed by atoms with Crippen molar-refractivity contribution in [3.8, 4) is 11.3 Å². The number of nitrogens with one attached hydrogen (secondary N) is 1. The first kappa shape index (κ1) is 14.5. The van der Waals surface area contributed by atoms with Crippen LogP contribution in [0, 0.1) is 0 Å². The van der Waals surface area contributed by atoms with E-state index in [1.807, 2.05) is 38.1 Å². The number of carbonyl (C=O) groups excluding carboxylic acids is 1. The molecule has 0 aliphatic rings. The molecule has 0 aromatic carbocycles. The second-order valence-electron chi connectivity index (χ2n) is 5.26. The Labute approximate surface area is 132 Å². The summed E-state index contributed by atoms with van der Waals surface area (Å²) >= 11 is 1.31. The minimum absolute atomic E-state index is 0.0658. The number of hydrogen-bond donors (Lipinski definition) is 2. The predicted molar refractivity (Wildman–Crippen MR) is 89.9 cm³/mol. The van der Waals surface area contributed by atoms with E-state index in [1.165, 1.54) is 11.3 Å². The number of nitrogens with zero attached hydrogens (tertiary/aromatic N) is 2. The third-order valence-corrected chi connectivity index (χ3v) is 4.29. The average Bonchev–Trinajstić information content (AvgIpc) is 2.84. The van der Waals surface area contributed by atoms with Crippen LogP contribution < -0.4 is 11.1 Å². The lowest BCUT2D eigenvalue weighted by atomic mass is 10.1. The topological polar surface area (TPSA) is 80.9 Å². The van der Waals surface area contributed by atoms with Gasteiger partial charge in [0.2, 0.25) is 0 Å². The zero-order valence-corrected chi connectivity index (χ0v) is 13.1. The number of fused-ring (bicyclic) bond motifs is 1. The summed E-state index contributed by atoms with van der Waals surface area (Å²) in [5.74, 6) is -0.154. The largest absolute Gasteiger partial charge is 0.397 e. The van der Waals surface area contributed by atoms with E-state index in [1.54, 1.807) is 12.4 Å². The smallest absolute Gasteiger partial charge is 0.263 e. The van der Waals surface area contributed by atoms with Crippen LogP contribution in [0.25, 0.3) is 21.5 Å². The van der Waals surface area contributed by atoms with Gasteiger partial charge < -0.3 is 11.1 Å². The Morgan fingerprint density at radius 2 is 2.14 bits per heavy atom. The maximum absolute atomic E-state index is 12.2. The molecule has 0 atom stereocenters. The molecule has 0 radical (unpaired) electrons.